The molecule has 2 aliphatic rings. The van der Waals surface area contributed by atoms with Crippen molar-refractivity contribution in [2.45, 2.75) is 159 Å². The lowest BCUT2D eigenvalue weighted by Gasteiger charge is -2.35. The number of amides is 2. The van der Waals surface area contributed by atoms with Crippen LogP contribution in [0.5, 0.6) is 0 Å². The summed E-state index contributed by atoms with van der Waals surface area (Å²) in [5, 5.41) is 46.7. The lowest BCUT2D eigenvalue weighted by atomic mass is 9.88. The molecule has 8 N–H and O–H groups in total. The Labute approximate surface area is 485 Å². The highest BCUT2D eigenvalue weighted by Gasteiger charge is 2.44. The van der Waals surface area contributed by atoms with E-state index in [0.29, 0.717) is 19.4 Å². The quantitative estimate of drug-likeness (QED) is 0.0523. The van der Waals surface area contributed by atoms with Crippen LogP contribution in [0.4, 0.5) is 9.59 Å². The van der Waals surface area contributed by atoms with Crippen LogP contribution in [0.25, 0.3) is 0 Å². The maximum Gasteiger partial charge on any atom is 0.407 e. The van der Waals surface area contributed by atoms with Gasteiger partial charge >= 0.3 is 12.2 Å². The maximum atomic E-state index is 13.9. The van der Waals surface area contributed by atoms with Crippen LogP contribution in [0.2, 0.25) is 0 Å². The molecule has 2 saturated heterocycles. The van der Waals surface area contributed by atoms with E-state index in [1.54, 1.807) is 69.3 Å². The van der Waals surface area contributed by atoms with Crippen molar-refractivity contribution in [1.82, 2.24) is 19.2 Å². The van der Waals surface area contributed by atoms with Gasteiger partial charge in [0, 0.05) is 39.0 Å². The van der Waals surface area contributed by atoms with E-state index in [0.717, 1.165) is 28.7 Å². The lowest BCUT2D eigenvalue weighted by molar-refractivity contribution is -0.0907. The molecule has 0 radical (unpaired) electrons. The van der Waals surface area contributed by atoms with Crippen LogP contribution in [-0.4, -0.2) is 140 Å². The minimum absolute atomic E-state index is 0. The summed E-state index contributed by atoms with van der Waals surface area (Å²) in [7, 11) is -8.01. The summed E-state index contributed by atoms with van der Waals surface area (Å²) in [4.78, 5) is 25.9. The van der Waals surface area contributed by atoms with Gasteiger partial charge in [0.15, 0.2) is 6.29 Å². The summed E-state index contributed by atoms with van der Waals surface area (Å²) in [6.45, 7) is 17.0. The van der Waals surface area contributed by atoms with E-state index in [4.69, 9.17) is 29.5 Å². The molecule has 2 fully saturated rings. The van der Waals surface area contributed by atoms with E-state index in [-0.39, 0.29) is 91.4 Å². The molecule has 0 bridgehead atoms. The van der Waals surface area contributed by atoms with Crippen LogP contribution in [0.15, 0.2) is 119 Å². The second kappa shape index (κ2) is 31.6. The Kier molecular flexibility index (Phi) is 27.1. The number of carbonyl (C=O) groups is 2. The van der Waals surface area contributed by atoms with Crippen LogP contribution in [-0.2, 0) is 51.8 Å². The number of nitrogens with one attached hydrogen (secondary N) is 2. The van der Waals surface area contributed by atoms with Gasteiger partial charge in [-0.1, -0.05) is 124 Å². The van der Waals surface area contributed by atoms with Gasteiger partial charge in [0.1, 0.15) is 11.7 Å². The predicted molar refractivity (Wildman–Crippen MR) is 311 cm³/mol. The van der Waals surface area contributed by atoms with Gasteiger partial charge in [0.05, 0.1) is 65.4 Å². The van der Waals surface area contributed by atoms with Crippen LogP contribution < -0.4 is 10.6 Å². The smallest absolute Gasteiger partial charge is 0.407 e. The molecule has 0 spiro atoms. The van der Waals surface area contributed by atoms with Crippen LogP contribution in [0.1, 0.15) is 103 Å². The average Bonchev–Trinajstić information content (AvgIpc) is 4.03. The number of aliphatic hydroxyl groups excluding tert-OH is 2. The van der Waals surface area contributed by atoms with Crippen LogP contribution >= 0.6 is 0 Å². The Hall–Kier alpha value is -6.02. The predicted octanol–water partition coefficient (Wildman–Crippen LogP) is 6.94. The fourth-order valence-corrected chi connectivity index (χ4v) is 12.7. The molecule has 0 aliphatic carbocycles. The van der Waals surface area contributed by atoms with Gasteiger partial charge in [-0.3, -0.25) is 0 Å². The maximum absolute atomic E-state index is 13.9. The number of aryl methyl sites for hydroxylation is 2. The van der Waals surface area contributed by atoms with E-state index in [1.165, 1.54) is 8.61 Å². The first-order valence-corrected chi connectivity index (χ1v) is 30.0. The van der Waals surface area contributed by atoms with Crippen molar-refractivity contribution in [3.8, 4) is 12.1 Å². The first-order chi connectivity index (χ1) is 37.6. The second-order valence-electron chi connectivity index (χ2n) is 23.4. The van der Waals surface area contributed by atoms with Crippen molar-refractivity contribution in [3.63, 3.8) is 0 Å². The summed E-state index contributed by atoms with van der Waals surface area (Å²) in [5.74, 6) is -0.0426. The fraction of sp³-hybridized carbons (Fsp3) is 0.533. The van der Waals surface area contributed by atoms with E-state index in [2.05, 4.69) is 22.8 Å². The number of alkyl carbamates (subject to hydrolysis) is 2. The minimum Gasteiger partial charge on any atom is -0.444 e. The number of sulfonamides is 2. The first-order valence-electron chi connectivity index (χ1n) is 27.1. The summed E-state index contributed by atoms with van der Waals surface area (Å²) in [6.07, 6.45) is -1.98. The number of nitriles is 2. The molecule has 22 heteroatoms. The van der Waals surface area contributed by atoms with Crippen molar-refractivity contribution >= 4 is 32.2 Å². The molecule has 2 amide bonds. The first kappa shape index (κ1) is 70.2. The number of nitrogens with zero attached hydrogens (tertiary/aromatic N) is 4. The normalized spacial score (nSPS) is 17.7. The molecule has 2 heterocycles. The zero-order chi connectivity index (χ0) is 58.9. The van der Waals surface area contributed by atoms with Gasteiger partial charge in [0.2, 0.25) is 20.0 Å². The lowest BCUT2D eigenvalue weighted by Crippen LogP contribution is -2.52. The number of fused-ring (bicyclic) bond motifs is 1. The van der Waals surface area contributed by atoms with Crippen molar-refractivity contribution < 1.29 is 66.5 Å². The SMILES string of the molecule is Cc1ccc(S(=O)(=O)N(CC(O)[C@H](Cc2ccccc2)NC(=O)OC(C)(C)C)CC(C)(C)CCC#N)cc1.Cc1ccc(S(=O)(=O)N(CC(O)[C@H](Cc2ccccc2)NC(=O)OC2COC3OCCC23)CC(C)(C)CCC#N)cc1.O.O. The molecule has 0 saturated carbocycles. The molecule has 6 rings (SSSR count). The Morgan fingerprint density at radius 2 is 1.05 bits per heavy atom. The Bertz CT molecular complexity index is 2910. The van der Waals surface area contributed by atoms with Gasteiger partial charge in [-0.15, -0.1) is 0 Å². The zero-order valence-electron chi connectivity index (χ0n) is 48.7. The number of aliphatic hydroxyl groups is 2. The number of hydrogen-bond donors (Lipinski definition) is 4. The van der Waals surface area contributed by atoms with Crippen molar-refractivity contribution in [1.29, 1.82) is 10.5 Å². The molecule has 4 aromatic rings. The summed E-state index contributed by atoms with van der Waals surface area (Å²) in [6, 6.07) is 34.4. The average molecular weight is 1180 g/mol. The number of rotatable bonds is 25. The number of carbonyl (C=O) groups excluding carboxylic acids is 2. The van der Waals surface area contributed by atoms with Gasteiger partial charge in [-0.2, -0.15) is 19.1 Å². The summed E-state index contributed by atoms with van der Waals surface area (Å²) >= 11 is 0. The largest absolute Gasteiger partial charge is 0.444 e. The second-order valence-corrected chi connectivity index (χ2v) is 27.2. The summed E-state index contributed by atoms with van der Waals surface area (Å²) in [5.41, 5.74) is 1.76. The highest BCUT2D eigenvalue weighted by atomic mass is 32.2. The Balaban J connectivity index is 0.000000422. The number of ether oxygens (including phenoxy) is 4. The highest BCUT2D eigenvalue weighted by Crippen LogP contribution is 2.34. The van der Waals surface area contributed by atoms with Crippen LogP contribution in [0.3, 0.4) is 0 Å². The Morgan fingerprint density at radius 3 is 1.44 bits per heavy atom. The van der Waals surface area contributed by atoms with Crippen LogP contribution in [0, 0.1) is 53.3 Å². The third-order valence-electron chi connectivity index (χ3n) is 13.9. The standard InChI is InChI=1S/C31H41N3O7S.C29H41N3O5S.2H2O/c1-22-10-12-24(13-11-22)42(37,38)34(21-31(2,3)15-7-16-32)19-27(35)26(18-23-8-5-4-6-9-23)33-30(36)41-28-20-40-29-25(28)14-17-39-29;1-22-13-15-24(16-14-22)38(35,36)32(21-29(5,6)17-10-18-30)20-26(33)25(19-23-11-8-7-9-12-23)31-27(34)37-28(2,3)4;;/h4-6,8-13,25-29,35H,7,14-15,17-21H2,1-3H3,(H,33,36);7-9,11-16,25-26,33H,10,17,19-21H2,1-6H3,(H,31,34);2*1H2/t25?,26-,27?,28?,29?;25-,26?;;/m00../s1. The number of hydrogen-bond acceptors (Lipinski definition) is 14. The molecule has 20 nitrogen and oxygen atoms in total. The van der Waals surface area contributed by atoms with Gasteiger partial charge < -0.3 is 50.7 Å². The third-order valence-corrected chi connectivity index (χ3v) is 17.6. The van der Waals surface area contributed by atoms with Crippen molar-refractivity contribution in [2.75, 3.05) is 39.4 Å². The Morgan fingerprint density at radius 1 is 0.646 bits per heavy atom. The topological polar surface area (TPSA) is 321 Å². The molecule has 82 heavy (non-hydrogen) atoms. The molecular weight excluding hydrogens is 1090 g/mol. The van der Waals surface area contributed by atoms with E-state index >= 15 is 0 Å². The molecule has 2 aliphatic heterocycles. The zero-order valence-corrected chi connectivity index (χ0v) is 50.3. The molecule has 7 atom stereocenters. The van der Waals surface area contributed by atoms with Gasteiger partial charge in [-0.05, 0) is 113 Å². The summed E-state index contributed by atoms with van der Waals surface area (Å²) < 4.78 is 80.0. The molecule has 5 unspecified atom stereocenters. The van der Waals surface area contributed by atoms with Crippen molar-refractivity contribution in [2.24, 2.45) is 16.7 Å². The van der Waals surface area contributed by atoms with E-state index < -0.39 is 79.1 Å². The van der Waals surface area contributed by atoms with E-state index in [9.17, 15) is 36.6 Å². The third kappa shape index (κ3) is 22.0. The van der Waals surface area contributed by atoms with Gasteiger partial charge in [0.25, 0.3) is 0 Å². The molecular formula is C60H86N6O14S2. The van der Waals surface area contributed by atoms with Gasteiger partial charge in [-0.25, -0.2) is 26.4 Å². The van der Waals surface area contributed by atoms with E-state index in [1.807, 2.05) is 102 Å². The molecule has 0 aromatic heterocycles. The number of benzene rings is 4. The highest BCUT2D eigenvalue weighted by molar-refractivity contribution is 7.89. The molecule has 452 valence electrons. The van der Waals surface area contributed by atoms with Crippen molar-refractivity contribution in [3.05, 3.63) is 131 Å². The molecule has 4 aromatic carbocycles. The monoisotopic (exact) mass is 1180 g/mol. The minimum atomic E-state index is -4.02. The fourth-order valence-electron chi connectivity index (χ4n) is 9.42.